The third kappa shape index (κ3) is 4.95. The molecule has 86 valence electrons. The summed E-state index contributed by atoms with van der Waals surface area (Å²) >= 11 is 0. The molecule has 0 aromatic carbocycles. The van der Waals surface area contributed by atoms with Gasteiger partial charge in [0.15, 0.2) is 0 Å². The first kappa shape index (κ1) is 12.2. The molecule has 0 saturated carbocycles. The zero-order chi connectivity index (χ0) is 11.3. The van der Waals surface area contributed by atoms with Crippen LogP contribution in [0.2, 0.25) is 0 Å². The van der Waals surface area contributed by atoms with Gasteiger partial charge in [-0.15, -0.1) is 0 Å². The lowest BCUT2D eigenvalue weighted by Crippen LogP contribution is -2.45. The molecule has 4 heteroatoms. The Morgan fingerprint density at radius 1 is 1.33 bits per heavy atom. The van der Waals surface area contributed by atoms with E-state index in [1.54, 1.807) is 6.92 Å². The lowest BCUT2D eigenvalue weighted by atomic mass is 10.3. The quantitative estimate of drug-likeness (QED) is 0.725. The van der Waals surface area contributed by atoms with Gasteiger partial charge in [0.05, 0.1) is 0 Å². The fourth-order valence-corrected chi connectivity index (χ4v) is 1.63. The van der Waals surface area contributed by atoms with Crippen LogP contribution >= 0.6 is 0 Å². The molecular weight excluding hydrogens is 190 g/mol. The minimum Gasteiger partial charge on any atom is -0.331 e. The van der Waals surface area contributed by atoms with Gasteiger partial charge in [-0.25, -0.2) is 0 Å². The highest BCUT2D eigenvalue weighted by atomic mass is 16.1. The summed E-state index contributed by atoms with van der Waals surface area (Å²) in [6.45, 7) is 10.6. The molecule has 1 aliphatic heterocycles. The molecule has 1 rings (SSSR count). The van der Waals surface area contributed by atoms with Crippen molar-refractivity contribution in [3.8, 4) is 0 Å². The number of allylic oxidation sites excluding steroid dienone is 1. The molecule has 1 amide bonds. The maximum absolute atomic E-state index is 11.4. The van der Waals surface area contributed by atoms with Crippen molar-refractivity contribution in [2.24, 2.45) is 0 Å². The summed E-state index contributed by atoms with van der Waals surface area (Å²) < 4.78 is 0. The second kappa shape index (κ2) is 5.88. The number of nitrogens with one attached hydrogen (secondary N) is 1. The van der Waals surface area contributed by atoms with Gasteiger partial charge in [-0.05, 0) is 14.0 Å². The lowest BCUT2D eigenvalue weighted by Gasteiger charge is -2.32. The Morgan fingerprint density at radius 2 is 1.93 bits per heavy atom. The van der Waals surface area contributed by atoms with Crippen LogP contribution in [0.25, 0.3) is 0 Å². The number of likely N-dealkylation sites (N-methyl/N-ethyl adjacent to an activating group) is 1. The third-order valence-electron chi connectivity index (χ3n) is 2.60. The molecular formula is C11H21N3O. The van der Waals surface area contributed by atoms with Crippen molar-refractivity contribution in [2.45, 2.75) is 13.3 Å². The number of hydrogen-bond acceptors (Lipinski definition) is 3. The van der Waals surface area contributed by atoms with Gasteiger partial charge in [0, 0.05) is 44.8 Å². The second-order valence-corrected chi connectivity index (χ2v) is 4.22. The van der Waals surface area contributed by atoms with Crippen LogP contribution in [0, 0.1) is 0 Å². The van der Waals surface area contributed by atoms with Crippen molar-refractivity contribution in [3.63, 3.8) is 0 Å². The molecule has 0 aromatic rings. The number of amides is 1. The summed E-state index contributed by atoms with van der Waals surface area (Å²) in [6, 6.07) is 0. The van der Waals surface area contributed by atoms with Crippen LogP contribution in [-0.4, -0.2) is 55.5 Å². The fraction of sp³-hybridized carbons (Fsp3) is 0.727. The van der Waals surface area contributed by atoms with E-state index in [9.17, 15) is 4.79 Å². The van der Waals surface area contributed by atoms with Gasteiger partial charge in [0.1, 0.15) is 0 Å². The average Bonchev–Trinajstić information content (AvgIpc) is 2.16. The van der Waals surface area contributed by atoms with Gasteiger partial charge in [0.2, 0.25) is 5.91 Å². The first-order chi connectivity index (χ1) is 7.08. The SMILES string of the molecule is C=C(C)NC(=O)CCN1CCN(C)CC1. The van der Waals surface area contributed by atoms with Crippen LogP contribution in [-0.2, 0) is 4.79 Å². The Morgan fingerprint density at radius 3 is 2.47 bits per heavy atom. The highest BCUT2D eigenvalue weighted by Gasteiger charge is 2.14. The molecule has 0 radical (unpaired) electrons. The zero-order valence-electron chi connectivity index (χ0n) is 9.75. The normalized spacial score (nSPS) is 18.8. The van der Waals surface area contributed by atoms with E-state index in [1.165, 1.54) is 0 Å². The topological polar surface area (TPSA) is 35.6 Å². The van der Waals surface area contributed by atoms with Crippen LogP contribution in [0.5, 0.6) is 0 Å². The molecule has 1 N–H and O–H groups in total. The van der Waals surface area contributed by atoms with Gasteiger partial charge in [-0.1, -0.05) is 6.58 Å². The van der Waals surface area contributed by atoms with Crippen LogP contribution < -0.4 is 5.32 Å². The molecule has 1 saturated heterocycles. The molecule has 0 bridgehead atoms. The summed E-state index contributed by atoms with van der Waals surface area (Å²) in [7, 11) is 2.13. The summed E-state index contributed by atoms with van der Waals surface area (Å²) in [5, 5.41) is 2.72. The Balaban J connectivity index is 2.14. The van der Waals surface area contributed by atoms with E-state index in [1.807, 2.05) is 0 Å². The number of piperazine rings is 1. The van der Waals surface area contributed by atoms with Crippen molar-refractivity contribution in [1.29, 1.82) is 0 Å². The second-order valence-electron chi connectivity index (χ2n) is 4.22. The number of hydrogen-bond donors (Lipinski definition) is 1. The molecule has 0 aromatic heterocycles. The predicted molar refractivity (Wildman–Crippen MR) is 61.5 cm³/mol. The van der Waals surface area contributed by atoms with Crippen molar-refractivity contribution in [2.75, 3.05) is 39.8 Å². The Bertz CT molecular complexity index is 232. The minimum absolute atomic E-state index is 0.0708. The van der Waals surface area contributed by atoms with Gasteiger partial charge in [0.25, 0.3) is 0 Å². The van der Waals surface area contributed by atoms with Crippen molar-refractivity contribution < 1.29 is 4.79 Å². The van der Waals surface area contributed by atoms with Gasteiger partial charge in [-0.2, -0.15) is 0 Å². The van der Waals surface area contributed by atoms with Crippen LogP contribution in [0.15, 0.2) is 12.3 Å². The standard InChI is InChI=1S/C11H21N3O/c1-10(2)12-11(15)4-5-14-8-6-13(3)7-9-14/h1,4-9H2,2-3H3,(H,12,15). The van der Waals surface area contributed by atoms with E-state index in [4.69, 9.17) is 0 Å². The van der Waals surface area contributed by atoms with Crippen LogP contribution in [0.1, 0.15) is 13.3 Å². The number of rotatable bonds is 4. The monoisotopic (exact) mass is 211 g/mol. The number of nitrogens with zero attached hydrogens (tertiary/aromatic N) is 2. The van der Waals surface area contributed by atoms with Gasteiger partial charge in [-0.3, -0.25) is 4.79 Å². The van der Waals surface area contributed by atoms with Crippen molar-refractivity contribution >= 4 is 5.91 Å². The maximum atomic E-state index is 11.4. The molecule has 4 nitrogen and oxygen atoms in total. The average molecular weight is 211 g/mol. The zero-order valence-corrected chi connectivity index (χ0v) is 9.75. The smallest absolute Gasteiger partial charge is 0.225 e. The van der Waals surface area contributed by atoms with E-state index in [-0.39, 0.29) is 5.91 Å². The first-order valence-electron chi connectivity index (χ1n) is 5.44. The van der Waals surface area contributed by atoms with Crippen molar-refractivity contribution in [3.05, 3.63) is 12.3 Å². The highest BCUT2D eigenvalue weighted by Crippen LogP contribution is 2.00. The number of carbonyl (C=O) groups excluding carboxylic acids is 1. The Labute approximate surface area is 91.9 Å². The minimum atomic E-state index is 0.0708. The van der Waals surface area contributed by atoms with Crippen LogP contribution in [0.4, 0.5) is 0 Å². The van der Waals surface area contributed by atoms with E-state index in [0.29, 0.717) is 6.42 Å². The summed E-state index contributed by atoms with van der Waals surface area (Å²) in [5.74, 6) is 0.0708. The largest absolute Gasteiger partial charge is 0.331 e. The molecule has 1 heterocycles. The molecule has 0 spiro atoms. The molecule has 15 heavy (non-hydrogen) atoms. The number of carbonyl (C=O) groups is 1. The first-order valence-corrected chi connectivity index (χ1v) is 5.44. The maximum Gasteiger partial charge on any atom is 0.225 e. The highest BCUT2D eigenvalue weighted by molar-refractivity contribution is 5.77. The predicted octanol–water partition coefficient (Wildman–Crippen LogP) is 0.274. The van der Waals surface area contributed by atoms with Crippen molar-refractivity contribution in [1.82, 2.24) is 15.1 Å². The van der Waals surface area contributed by atoms with Crippen LogP contribution in [0.3, 0.4) is 0 Å². The fourth-order valence-electron chi connectivity index (χ4n) is 1.63. The van der Waals surface area contributed by atoms with E-state index in [0.717, 1.165) is 38.4 Å². The van der Waals surface area contributed by atoms with E-state index >= 15 is 0 Å². The molecule has 0 unspecified atom stereocenters. The van der Waals surface area contributed by atoms with Gasteiger partial charge < -0.3 is 15.1 Å². The Hall–Kier alpha value is -0.870. The van der Waals surface area contributed by atoms with Gasteiger partial charge >= 0.3 is 0 Å². The third-order valence-corrected chi connectivity index (χ3v) is 2.60. The summed E-state index contributed by atoms with van der Waals surface area (Å²) in [5.41, 5.74) is 0.721. The molecule has 1 fully saturated rings. The molecule has 0 aliphatic carbocycles. The molecule has 1 aliphatic rings. The van der Waals surface area contributed by atoms with E-state index in [2.05, 4.69) is 28.7 Å². The summed E-state index contributed by atoms with van der Waals surface area (Å²) in [4.78, 5) is 16.0. The van der Waals surface area contributed by atoms with E-state index < -0.39 is 0 Å². The summed E-state index contributed by atoms with van der Waals surface area (Å²) in [6.07, 6.45) is 0.566. The lowest BCUT2D eigenvalue weighted by molar-refractivity contribution is -0.120. The molecule has 0 atom stereocenters. The Kier molecular flexibility index (Phi) is 4.78.